The van der Waals surface area contributed by atoms with Gasteiger partial charge < -0.3 is 14.8 Å². The van der Waals surface area contributed by atoms with Crippen LogP contribution < -0.4 is 14.8 Å². The highest BCUT2D eigenvalue weighted by atomic mass is 35.5. The minimum Gasteiger partial charge on any atom is -0.454 e. The average Bonchev–Trinajstić information content (AvgIpc) is 3.15. The highest BCUT2D eigenvalue weighted by Crippen LogP contribution is 2.39. The van der Waals surface area contributed by atoms with E-state index in [1.807, 2.05) is 6.92 Å². The predicted octanol–water partition coefficient (Wildman–Crippen LogP) is 3.49. The predicted molar refractivity (Wildman–Crippen MR) is 82.8 cm³/mol. The van der Waals surface area contributed by atoms with Crippen LogP contribution >= 0.6 is 11.6 Å². The molecule has 116 valence electrons. The summed E-state index contributed by atoms with van der Waals surface area (Å²) in [6.07, 6.45) is 2.58. The number of benzene rings is 1. The van der Waals surface area contributed by atoms with Gasteiger partial charge in [-0.3, -0.25) is 4.79 Å². The van der Waals surface area contributed by atoms with Crippen molar-refractivity contribution >= 4 is 23.3 Å². The second kappa shape index (κ2) is 5.88. The molecular formula is C15H16ClN3O3. The van der Waals surface area contributed by atoms with E-state index in [-0.39, 0.29) is 18.7 Å². The molecule has 1 amide bonds. The molecule has 0 aliphatic carbocycles. The van der Waals surface area contributed by atoms with Crippen LogP contribution in [0.15, 0.2) is 24.4 Å². The molecule has 0 fully saturated rings. The van der Waals surface area contributed by atoms with Gasteiger partial charge in [-0.15, -0.1) is 0 Å². The Balaban J connectivity index is 1.84. The number of fused-ring (bicyclic) bond motifs is 1. The van der Waals surface area contributed by atoms with Crippen LogP contribution in [0, 0.1) is 0 Å². The quantitative estimate of drug-likeness (QED) is 0.936. The molecule has 2 aromatic rings. The largest absolute Gasteiger partial charge is 0.454 e. The summed E-state index contributed by atoms with van der Waals surface area (Å²) in [5.74, 6) is 1.33. The minimum absolute atomic E-state index is 0.112. The molecule has 1 aromatic carbocycles. The molecule has 1 N–H and O–H groups in total. The number of hydrogen-bond acceptors (Lipinski definition) is 4. The molecular weight excluding hydrogens is 306 g/mol. The van der Waals surface area contributed by atoms with E-state index in [1.54, 1.807) is 29.1 Å². The van der Waals surface area contributed by atoms with Crippen LogP contribution in [-0.4, -0.2) is 22.5 Å². The Kier molecular flexibility index (Phi) is 3.94. The lowest BCUT2D eigenvalue weighted by Crippen LogP contribution is -2.17. The molecule has 22 heavy (non-hydrogen) atoms. The van der Waals surface area contributed by atoms with E-state index in [0.29, 0.717) is 27.9 Å². The zero-order valence-electron chi connectivity index (χ0n) is 12.3. The number of nitrogens with one attached hydrogen (secondary N) is 1. The summed E-state index contributed by atoms with van der Waals surface area (Å²) in [7, 11) is 0. The highest BCUT2D eigenvalue weighted by molar-refractivity contribution is 6.32. The van der Waals surface area contributed by atoms with E-state index >= 15 is 0 Å². The second-order valence-corrected chi connectivity index (χ2v) is 5.47. The summed E-state index contributed by atoms with van der Waals surface area (Å²) in [4.78, 5) is 12.4. The van der Waals surface area contributed by atoms with Crippen molar-refractivity contribution in [3.8, 4) is 11.5 Å². The first-order valence-corrected chi connectivity index (χ1v) is 7.42. The lowest BCUT2D eigenvalue weighted by atomic mass is 10.2. The monoisotopic (exact) mass is 321 g/mol. The number of nitrogens with zero attached hydrogens (tertiary/aromatic N) is 2. The maximum atomic E-state index is 12.4. The van der Waals surface area contributed by atoms with Gasteiger partial charge in [-0.2, -0.15) is 5.10 Å². The molecule has 0 spiro atoms. The molecule has 0 radical (unpaired) electrons. The van der Waals surface area contributed by atoms with Crippen LogP contribution in [0.4, 0.5) is 5.82 Å². The van der Waals surface area contributed by atoms with Crippen molar-refractivity contribution in [2.45, 2.75) is 26.3 Å². The topological polar surface area (TPSA) is 65.4 Å². The summed E-state index contributed by atoms with van der Waals surface area (Å²) in [5.41, 5.74) is 0.408. The van der Waals surface area contributed by atoms with Crippen molar-refractivity contribution < 1.29 is 14.3 Å². The molecule has 6 nitrogen and oxygen atoms in total. The Morgan fingerprint density at radius 2 is 2.32 bits per heavy atom. The number of rotatable bonds is 4. The number of halogens is 1. The van der Waals surface area contributed by atoms with Crippen LogP contribution in [0.25, 0.3) is 0 Å². The summed E-state index contributed by atoms with van der Waals surface area (Å²) in [5, 5.41) is 7.44. The third-order valence-electron chi connectivity index (χ3n) is 3.61. The fourth-order valence-corrected chi connectivity index (χ4v) is 2.49. The summed E-state index contributed by atoms with van der Waals surface area (Å²) >= 11 is 6.10. The van der Waals surface area contributed by atoms with Gasteiger partial charge in [0, 0.05) is 11.6 Å². The molecule has 3 rings (SSSR count). The molecule has 0 saturated carbocycles. The van der Waals surface area contributed by atoms with E-state index in [9.17, 15) is 4.79 Å². The summed E-state index contributed by atoms with van der Waals surface area (Å²) < 4.78 is 12.3. The van der Waals surface area contributed by atoms with Crippen LogP contribution in [0.2, 0.25) is 5.02 Å². The van der Waals surface area contributed by atoms with Crippen molar-refractivity contribution in [2.75, 3.05) is 12.1 Å². The molecule has 1 aromatic heterocycles. The third-order valence-corrected chi connectivity index (χ3v) is 3.89. The number of carbonyl (C=O) groups is 1. The molecule has 1 unspecified atom stereocenters. The third kappa shape index (κ3) is 2.62. The van der Waals surface area contributed by atoms with Gasteiger partial charge in [0.1, 0.15) is 5.82 Å². The summed E-state index contributed by atoms with van der Waals surface area (Å²) in [6.45, 7) is 4.22. The number of hydrogen-bond donors (Lipinski definition) is 1. The van der Waals surface area contributed by atoms with Crippen molar-refractivity contribution in [3.05, 3.63) is 35.0 Å². The average molecular weight is 322 g/mol. The zero-order valence-corrected chi connectivity index (χ0v) is 13.1. The SMILES string of the molecule is CCC(C)n1nccc1NC(=O)c1cc(Cl)c2c(c1)OCO2. The van der Waals surface area contributed by atoms with Gasteiger partial charge in [-0.1, -0.05) is 18.5 Å². The van der Waals surface area contributed by atoms with Crippen molar-refractivity contribution in [3.63, 3.8) is 0 Å². The standard InChI is InChI=1S/C15H16ClN3O3/c1-3-9(2)19-13(4-5-17-19)18-15(20)10-6-11(16)14-12(7-10)21-8-22-14/h4-7,9H,3,8H2,1-2H3,(H,18,20). The van der Waals surface area contributed by atoms with Gasteiger partial charge in [0.05, 0.1) is 17.3 Å². The second-order valence-electron chi connectivity index (χ2n) is 5.06. The molecule has 7 heteroatoms. The number of ether oxygens (including phenoxy) is 2. The Labute approximate surface area is 133 Å². The van der Waals surface area contributed by atoms with Crippen molar-refractivity contribution in [1.29, 1.82) is 0 Å². The van der Waals surface area contributed by atoms with Gasteiger partial charge in [-0.25, -0.2) is 4.68 Å². The molecule has 1 atom stereocenters. The number of amides is 1. The zero-order chi connectivity index (χ0) is 15.7. The van der Waals surface area contributed by atoms with Gasteiger partial charge in [0.25, 0.3) is 5.91 Å². The van der Waals surface area contributed by atoms with E-state index < -0.39 is 0 Å². The van der Waals surface area contributed by atoms with Gasteiger partial charge in [0.15, 0.2) is 11.5 Å². The maximum absolute atomic E-state index is 12.4. The van der Waals surface area contributed by atoms with E-state index in [4.69, 9.17) is 21.1 Å². The van der Waals surface area contributed by atoms with Gasteiger partial charge >= 0.3 is 0 Å². The van der Waals surface area contributed by atoms with Crippen LogP contribution in [0.1, 0.15) is 36.7 Å². The van der Waals surface area contributed by atoms with Gasteiger partial charge in [0.2, 0.25) is 6.79 Å². The van der Waals surface area contributed by atoms with Crippen LogP contribution in [-0.2, 0) is 0 Å². The Morgan fingerprint density at radius 1 is 1.50 bits per heavy atom. The first kappa shape index (κ1) is 14.7. The lowest BCUT2D eigenvalue weighted by Gasteiger charge is -2.14. The smallest absolute Gasteiger partial charge is 0.257 e. The van der Waals surface area contributed by atoms with E-state index in [1.165, 1.54) is 0 Å². The number of anilines is 1. The van der Waals surface area contributed by atoms with E-state index in [0.717, 1.165) is 6.42 Å². The molecule has 1 aliphatic heterocycles. The number of aromatic nitrogens is 2. The first-order chi connectivity index (χ1) is 10.6. The number of carbonyl (C=O) groups excluding carboxylic acids is 1. The minimum atomic E-state index is -0.273. The fourth-order valence-electron chi connectivity index (χ4n) is 2.22. The fraction of sp³-hybridized carbons (Fsp3) is 0.333. The Bertz CT molecular complexity index is 714. The summed E-state index contributed by atoms with van der Waals surface area (Å²) in [6, 6.07) is 5.14. The van der Waals surface area contributed by atoms with Crippen molar-refractivity contribution in [2.24, 2.45) is 0 Å². The van der Waals surface area contributed by atoms with Crippen LogP contribution in [0.5, 0.6) is 11.5 Å². The molecule has 0 bridgehead atoms. The Hall–Kier alpha value is -2.21. The lowest BCUT2D eigenvalue weighted by molar-refractivity contribution is 0.102. The molecule has 2 heterocycles. The molecule has 0 saturated heterocycles. The Morgan fingerprint density at radius 3 is 3.09 bits per heavy atom. The van der Waals surface area contributed by atoms with Crippen molar-refractivity contribution in [1.82, 2.24) is 9.78 Å². The first-order valence-electron chi connectivity index (χ1n) is 7.04. The van der Waals surface area contributed by atoms with E-state index in [2.05, 4.69) is 17.3 Å². The highest BCUT2D eigenvalue weighted by Gasteiger charge is 2.21. The normalized spacial score (nSPS) is 14.0. The van der Waals surface area contributed by atoms with Crippen LogP contribution in [0.3, 0.4) is 0 Å². The maximum Gasteiger partial charge on any atom is 0.257 e. The molecule has 1 aliphatic rings. The van der Waals surface area contributed by atoms with Gasteiger partial charge in [-0.05, 0) is 25.5 Å².